The molecular formula is C20H28N2O3. The van der Waals surface area contributed by atoms with Crippen LogP contribution in [0.2, 0.25) is 0 Å². The van der Waals surface area contributed by atoms with Crippen LogP contribution < -0.4 is 4.74 Å². The number of para-hydroxylation sites is 1. The highest BCUT2D eigenvalue weighted by Gasteiger charge is 2.33. The van der Waals surface area contributed by atoms with Crippen LogP contribution in [0, 0.1) is 5.92 Å². The molecule has 0 spiro atoms. The minimum atomic E-state index is -0.129. The number of amides is 2. The summed E-state index contributed by atoms with van der Waals surface area (Å²) in [5.74, 6) is 1.53. The molecule has 5 heteroatoms. The van der Waals surface area contributed by atoms with Crippen molar-refractivity contribution < 1.29 is 14.3 Å². The second kappa shape index (κ2) is 7.89. The van der Waals surface area contributed by atoms with Gasteiger partial charge in [0.2, 0.25) is 11.8 Å². The molecule has 2 heterocycles. The normalized spacial score (nSPS) is 22.2. The van der Waals surface area contributed by atoms with Gasteiger partial charge in [-0.2, -0.15) is 0 Å². The number of carbonyl (C=O) groups is 2. The Balaban J connectivity index is 1.59. The Labute approximate surface area is 149 Å². The molecule has 25 heavy (non-hydrogen) atoms. The zero-order valence-electron chi connectivity index (χ0n) is 15.2. The van der Waals surface area contributed by atoms with Crippen LogP contribution in [0.5, 0.6) is 5.75 Å². The third-order valence-corrected chi connectivity index (χ3v) is 5.47. The van der Waals surface area contributed by atoms with E-state index in [-0.39, 0.29) is 17.7 Å². The Morgan fingerprint density at radius 3 is 2.56 bits per heavy atom. The molecular weight excluding hydrogens is 316 g/mol. The standard InChI is InChI=1S/C20H28N2O3/c1-3-25-18-7-5-4-6-17(18)15-9-12-22(13-10-15)20(24)16-8-11-21(2)19(23)14-16/h4-7,15-16H,3,8-14H2,1-2H3/t16-/m1/s1. The molecule has 2 amide bonds. The first kappa shape index (κ1) is 17.8. The van der Waals surface area contributed by atoms with E-state index in [2.05, 4.69) is 12.1 Å². The van der Waals surface area contributed by atoms with Gasteiger partial charge in [0.1, 0.15) is 5.75 Å². The molecule has 0 saturated carbocycles. The lowest BCUT2D eigenvalue weighted by Crippen LogP contribution is -2.46. The van der Waals surface area contributed by atoms with Gasteiger partial charge in [-0.3, -0.25) is 9.59 Å². The van der Waals surface area contributed by atoms with Gasteiger partial charge < -0.3 is 14.5 Å². The zero-order chi connectivity index (χ0) is 17.8. The number of likely N-dealkylation sites (tertiary alicyclic amines) is 2. The minimum Gasteiger partial charge on any atom is -0.494 e. The van der Waals surface area contributed by atoms with E-state index in [1.165, 1.54) is 5.56 Å². The molecule has 0 unspecified atom stereocenters. The molecule has 136 valence electrons. The molecule has 2 fully saturated rings. The van der Waals surface area contributed by atoms with Crippen LogP contribution in [0.3, 0.4) is 0 Å². The van der Waals surface area contributed by atoms with Gasteiger partial charge >= 0.3 is 0 Å². The predicted octanol–water partition coefficient (Wildman–Crippen LogP) is 2.66. The van der Waals surface area contributed by atoms with Crippen molar-refractivity contribution in [3.63, 3.8) is 0 Å². The summed E-state index contributed by atoms with van der Waals surface area (Å²) >= 11 is 0. The van der Waals surface area contributed by atoms with Crippen LogP contribution in [0.25, 0.3) is 0 Å². The monoisotopic (exact) mass is 344 g/mol. The van der Waals surface area contributed by atoms with Crippen molar-refractivity contribution in [2.45, 2.75) is 38.5 Å². The summed E-state index contributed by atoms with van der Waals surface area (Å²) in [6, 6.07) is 8.23. The van der Waals surface area contributed by atoms with E-state index in [0.717, 1.165) is 38.1 Å². The molecule has 1 atom stereocenters. The lowest BCUT2D eigenvalue weighted by molar-refractivity contribution is -0.145. The van der Waals surface area contributed by atoms with E-state index < -0.39 is 0 Å². The summed E-state index contributed by atoms with van der Waals surface area (Å²) in [4.78, 5) is 28.3. The van der Waals surface area contributed by atoms with E-state index >= 15 is 0 Å². The molecule has 5 nitrogen and oxygen atoms in total. The molecule has 1 aromatic carbocycles. The maximum absolute atomic E-state index is 12.7. The van der Waals surface area contributed by atoms with Crippen LogP contribution >= 0.6 is 0 Å². The summed E-state index contributed by atoms with van der Waals surface area (Å²) in [6.45, 7) is 4.89. The van der Waals surface area contributed by atoms with Gasteiger partial charge in [0.25, 0.3) is 0 Å². The van der Waals surface area contributed by atoms with Crippen molar-refractivity contribution in [1.29, 1.82) is 0 Å². The van der Waals surface area contributed by atoms with Crippen LogP contribution in [0.4, 0.5) is 0 Å². The predicted molar refractivity (Wildman–Crippen MR) is 96.5 cm³/mol. The Morgan fingerprint density at radius 1 is 1.16 bits per heavy atom. The molecule has 2 aliphatic rings. The molecule has 0 aliphatic carbocycles. The lowest BCUT2D eigenvalue weighted by atomic mass is 9.87. The third-order valence-electron chi connectivity index (χ3n) is 5.47. The van der Waals surface area contributed by atoms with E-state index in [0.29, 0.717) is 25.5 Å². The molecule has 0 bridgehead atoms. The zero-order valence-corrected chi connectivity index (χ0v) is 15.2. The molecule has 2 aliphatic heterocycles. The average Bonchev–Trinajstić information content (AvgIpc) is 2.64. The van der Waals surface area contributed by atoms with Crippen molar-refractivity contribution in [3.8, 4) is 5.75 Å². The second-order valence-corrected chi connectivity index (χ2v) is 7.08. The van der Waals surface area contributed by atoms with Crippen molar-refractivity contribution in [2.24, 2.45) is 5.92 Å². The number of hydrogen-bond donors (Lipinski definition) is 0. The molecule has 0 N–H and O–H groups in total. The summed E-state index contributed by atoms with van der Waals surface area (Å²) in [5, 5.41) is 0. The van der Waals surface area contributed by atoms with Gasteiger partial charge in [-0.05, 0) is 43.7 Å². The number of hydrogen-bond acceptors (Lipinski definition) is 3. The SMILES string of the molecule is CCOc1ccccc1C1CCN(C(=O)[C@@H]2CCN(C)C(=O)C2)CC1. The summed E-state index contributed by atoms with van der Waals surface area (Å²) < 4.78 is 5.76. The highest BCUT2D eigenvalue weighted by Crippen LogP contribution is 2.35. The minimum absolute atomic E-state index is 0.0881. The fraction of sp³-hybridized carbons (Fsp3) is 0.600. The number of benzene rings is 1. The first-order chi connectivity index (χ1) is 12.1. The Bertz CT molecular complexity index is 623. The van der Waals surface area contributed by atoms with Crippen LogP contribution in [-0.4, -0.2) is 54.9 Å². The van der Waals surface area contributed by atoms with E-state index in [4.69, 9.17) is 4.74 Å². The van der Waals surface area contributed by atoms with Crippen molar-refractivity contribution in [1.82, 2.24) is 9.80 Å². The van der Waals surface area contributed by atoms with Gasteiger partial charge in [0.15, 0.2) is 0 Å². The summed E-state index contributed by atoms with van der Waals surface area (Å²) in [6.07, 6.45) is 3.06. The van der Waals surface area contributed by atoms with Gasteiger partial charge in [0, 0.05) is 39.0 Å². The highest BCUT2D eigenvalue weighted by molar-refractivity contribution is 5.87. The number of ether oxygens (including phenoxy) is 1. The molecule has 2 saturated heterocycles. The Morgan fingerprint density at radius 2 is 1.88 bits per heavy atom. The fourth-order valence-corrected chi connectivity index (χ4v) is 3.93. The topological polar surface area (TPSA) is 49.9 Å². The van der Waals surface area contributed by atoms with Crippen LogP contribution in [0.15, 0.2) is 24.3 Å². The van der Waals surface area contributed by atoms with E-state index in [1.807, 2.05) is 31.0 Å². The van der Waals surface area contributed by atoms with Crippen LogP contribution in [-0.2, 0) is 9.59 Å². The Kier molecular flexibility index (Phi) is 5.61. The summed E-state index contributed by atoms with van der Waals surface area (Å²) in [7, 11) is 1.81. The second-order valence-electron chi connectivity index (χ2n) is 7.08. The molecule has 1 aromatic rings. The Hall–Kier alpha value is -2.04. The largest absolute Gasteiger partial charge is 0.494 e. The number of nitrogens with zero attached hydrogens (tertiary/aromatic N) is 2. The quantitative estimate of drug-likeness (QED) is 0.844. The van der Waals surface area contributed by atoms with Crippen LogP contribution in [0.1, 0.15) is 44.1 Å². The van der Waals surface area contributed by atoms with Gasteiger partial charge in [0.05, 0.1) is 6.61 Å². The van der Waals surface area contributed by atoms with Crippen molar-refractivity contribution >= 4 is 11.8 Å². The third kappa shape index (κ3) is 3.97. The first-order valence-corrected chi connectivity index (χ1v) is 9.34. The number of rotatable bonds is 4. The van der Waals surface area contributed by atoms with Gasteiger partial charge in [-0.25, -0.2) is 0 Å². The van der Waals surface area contributed by atoms with Crippen molar-refractivity contribution in [3.05, 3.63) is 29.8 Å². The molecule has 0 aromatic heterocycles. The first-order valence-electron chi connectivity index (χ1n) is 9.34. The lowest BCUT2D eigenvalue weighted by Gasteiger charge is -2.36. The maximum Gasteiger partial charge on any atom is 0.226 e. The summed E-state index contributed by atoms with van der Waals surface area (Å²) in [5.41, 5.74) is 1.26. The highest BCUT2D eigenvalue weighted by atomic mass is 16.5. The number of piperidine rings is 2. The molecule has 0 radical (unpaired) electrons. The van der Waals surface area contributed by atoms with Crippen molar-refractivity contribution in [2.75, 3.05) is 33.3 Å². The van der Waals surface area contributed by atoms with E-state index in [9.17, 15) is 9.59 Å². The number of carbonyl (C=O) groups excluding carboxylic acids is 2. The smallest absolute Gasteiger partial charge is 0.226 e. The maximum atomic E-state index is 12.7. The average molecular weight is 344 g/mol. The van der Waals surface area contributed by atoms with Gasteiger partial charge in [-0.15, -0.1) is 0 Å². The van der Waals surface area contributed by atoms with E-state index in [1.54, 1.807) is 4.90 Å². The van der Waals surface area contributed by atoms with Gasteiger partial charge in [-0.1, -0.05) is 18.2 Å². The molecule has 3 rings (SSSR count). The fourth-order valence-electron chi connectivity index (χ4n) is 3.93.